The van der Waals surface area contributed by atoms with Gasteiger partial charge in [-0.2, -0.15) is 0 Å². The Morgan fingerprint density at radius 3 is 2.61 bits per heavy atom. The molecule has 1 saturated heterocycles. The molecule has 0 atom stereocenters. The van der Waals surface area contributed by atoms with E-state index in [4.69, 9.17) is 21.1 Å². The highest BCUT2D eigenvalue weighted by Crippen LogP contribution is 2.27. The molecule has 0 N–H and O–H groups in total. The highest BCUT2D eigenvalue weighted by molar-refractivity contribution is 6.30. The second-order valence-corrected chi connectivity index (χ2v) is 6.03. The van der Waals surface area contributed by atoms with E-state index < -0.39 is 0 Å². The molecule has 1 aromatic carbocycles. The summed E-state index contributed by atoms with van der Waals surface area (Å²) in [6.45, 7) is 3.48. The van der Waals surface area contributed by atoms with Crippen molar-refractivity contribution in [2.24, 2.45) is 5.92 Å². The van der Waals surface area contributed by atoms with Crippen LogP contribution in [0.25, 0.3) is 0 Å². The minimum Gasteiger partial charge on any atom is -0.496 e. The molecule has 0 bridgehead atoms. The van der Waals surface area contributed by atoms with Crippen LogP contribution in [0.5, 0.6) is 5.75 Å². The number of benzene rings is 1. The van der Waals surface area contributed by atoms with Gasteiger partial charge < -0.3 is 14.4 Å². The van der Waals surface area contributed by atoms with Gasteiger partial charge in [0.15, 0.2) is 0 Å². The first-order chi connectivity index (χ1) is 11.0. The molecule has 0 aromatic heterocycles. The quantitative estimate of drug-likeness (QED) is 0.773. The highest BCUT2D eigenvalue weighted by Gasteiger charge is 2.26. The number of esters is 1. The number of likely N-dealkylation sites (tertiary alicyclic amines) is 1. The van der Waals surface area contributed by atoms with E-state index in [9.17, 15) is 9.59 Å². The van der Waals surface area contributed by atoms with Crippen molar-refractivity contribution >= 4 is 23.5 Å². The van der Waals surface area contributed by atoms with Gasteiger partial charge in [-0.05, 0) is 43.9 Å². The Labute approximate surface area is 141 Å². The summed E-state index contributed by atoms with van der Waals surface area (Å²) in [5, 5.41) is 0.534. The lowest BCUT2D eigenvalue weighted by Crippen LogP contribution is -2.39. The van der Waals surface area contributed by atoms with E-state index in [1.54, 1.807) is 30.0 Å². The number of hydrogen-bond acceptors (Lipinski definition) is 4. The number of piperidine rings is 1. The molecule has 2 rings (SSSR count). The third-order valence-corrected chi connectivity index (χ3v) is 4.29. The molecular formula is C17H22ClNO4. The molecular weight excluding hydrogens is 318 g/mol. The van der Waals surface area contributed by atoms with Crippen molar-refractivity contribution in [1.82, 2.24) is 4.90 Å². The summed E-state index contributed by atoms with van der Waals surface area (Å²) >= 11 is 5.93. The first kappa shape index (κ1) is 17.6. The molecule has 1 heterocycles. The Kier molecular flexibility index (Phi) is 6.28. The van der Waals surface area contributed by atoms with Crippen molar-refractivity contribution < 1.29 is 19.1 Å². The molecule has 0 aliphatic carbocycles. The van der Waals surface area contributed by atoms with Crippen molar-refractivity contribution in [2.75, 3.05) is 26.8 Å². The highest BCUT2D eigenvalue weighted by atomic mass is 35.5. The largest absolute Gasteiger partial charge is 0.496 e. The maximum atomic E-state index is 12.6. The monoisotopic (exact) mass is 339 g/mol. The van der Waals surface area contributed by atoms with Crippen LogP contribution in [0.4, 0.5) is 0 Å². The molecule has 0 saturated carbocycles. The maximum Gasteiger partial charge on any atom is 0.306 e. The molecule has 0 unspecified atom stereocenters. The minimum atomic E-state index is -0.156. The molecule has 5 nitrogen and oxygen atoms in total. The summed E-state index contributed by atoms with van der Waals surface area (Å²) in [5.41, 5.74) is 0.515. The number of rotatable bonds is 5. The lowest BCUT2D eigenvalue weighted by atomic mass is 9.93. The van der Waals surface area contributed by atoms with Gasteiger partial charge in [-0.1, -0.05) is 11.6 Å². The molecule has 126 valence electrons. The summed E-state index contributed by atoms with van der Waals surface area (Å²) in [6, 6.07) is 5.02. The number of hydrogen-bond donors (Lipinski definition) is 0. The van der Waals surface area contributed by atoms with Gasteiger partial charge in [0.05, 0.1) is 19.3 Å². The van der Waals surface area contributed by atoms with E-state index in [2.05, 4.69) is 0 Å². The first-order valence-corrected chi connectivity index (χ1v) is 8.21. The standard InChI is InChI=1S/C17H22ClNO4/c1-3-23-16(20)10-12-6-8-19(9-7-12)17(21)14-5-4-13(18)11-15(14)22-2/h4-5,11-12H,3,6-10H2,1-2H3. The van der Waals surface area contributed by atoms with Crippen molar-refractivity contribution in [2.45, 2.75) is 26.2 Å². The molecule has 6 heteroatoms. The third kappa shape index (κ3) is 4.61. The Hall–Kier alpha value is -1.75. The van der Waals surface area contributed by atoms with E-state index in [-0.39, 0.29) is 17.8 Å². The summed E-state index contributed by atoms with van der Waals surface area (Å²) in [6.07, 6.45) is 2.04. The Morgan fingerprint density at radius 1 is 1.30 bits per heavy atom. The van der Waals surface area contributed by atoms with Gasteiger partial charge in [0.1, 0.15) is 5.75 Å². The van der Waals surface area contributed by atoms with Gasteiger partial charge in [0, 0.05) is 24.5 Å². The topological polar surface area (TPSA) is 55.8 Å². The van der Waals surface area contributed by atoms with Crippen molar-refractivity contribution in [3.8, 4) is 5.75 Å². The van der Waals surface area contributed by atoms with Crippen molar-refractivity contribution in [1.29, 1.82) is 0 Å². The predicted octanol–water partition coefficient (Wildman–Crippen LogP) is 3.15. The van der Waals surface area contributed by atoms with Crippen molar-refractivity contribution in [3.05, 3.63) is 28.8 Å². The average Bonchev–Trinajstić information content (AvgIpc) is 2.55. The first-order valence-electron chi connectivity index (χ1n) is 7.83. The van der Waals surface area contributed by atoms with E-state index in [1.165, 1.54) is 7.11 Å². The van der Waals surface area contributed by atoms with Crippen LogP contribution < -0.4 is 4.74 Å². The summed E-state index contributed by atoms with van der Waals surface area (Å²) in [5.74, 6) is 0.547. The van der Waals surface area contributed by atoms with E-state index in [1.807, 2.05) is 0 Å². The van der Waals surface area contributed by atoms with Crippen LogP contribution in [0, 0.1) is 5.92 Å². The average molecular weight is 340 g/mol. The second kappa shape index (κ2) is 8.20. The molecule has 0 spiro atoms. The zero-order chi connectivity index (χ0) is 16.8. The lowest BCUT2D eigenvalue weighted by Gasteiger charge is -2.32. The van der Waals surface area contributed by atoms with E-state index in [0.29, 0.717) is 42.5 Å². The summed E-state index contributed by atoms with van der Waals surface area (Å²) < 4.78 is 10.2. The van der Waals surface area contributed by atoms with Crippen LogP contribution in [0.3, 0.4) is 0 Å². The smallest absolute Gasteiger partial charge is 0.306 e. The van der Waals surface area contributed by atoms with Gasteiger partial charge in [-0.25, -0.2) is 0 Å². The minimum absolute atomic E-state index is 0.0619. The van der Waals surface area contributed by atoms with Crippen LogP contribution in [0.2, 0.25) is 5.02 Å². The van der Waals surface area contributed by atoms with Gasteiger partial charge >= 0.3 is 5.97 Å². The van der Waals surface area contributed by atoms with Crippen LogP contribution in [0.15, 0.2) is 18.2 Å². The van der Waals surface area contributed by atoms with Crippen LogP contribution in [0.1, 0.15) is 36.5 Å². The van der Waals surface area contributed by atoms with Crippen LogP contribution >= 0.6 is 11.6 Å². The molecule has 0 radical (unpaired) electrons. The zero-order valence-corrected chi connectivity index (χ0v) is 14.3. The normalized spacial score (nSPS) is 15.3. The molecule has 1 amide bonds. The Bertz CT molecular complexity index is 568. The third-order valence-electron chi connectivity index (χ3n) is 4.06. The number of carbonyl (C=O) groups excluding carboxylic acids is 2. The fourth-order valence-electron chi connectivity index (χ4n) is 2.81. The van der Waals surface area contributed by atoms with E-state index in [0.717, 1.165) is 12.8 Å². The molecule has 23 heavy (non-hydrogen) atoms. The number of carbonyl (C=O) groups is 2. The fourth-order valence-corrected chi connectivity index (χ4v) is 2.97. The lowest BCUT2D eigenvalue weighted by molar-refractivity contribution is -0.144. The molecule has 1 fully saturated rings. The van der Waals surface area contributed by atoms with E-state index >= 15 is 0 Å². The number of halogens is 1. The number of methoxy groups -OCH3 is 1. The molecule has 1 aliphatic heterocycles. The van der Waals surface area contributed by atoms with Crippen molar-refractivity contribution in [3.63, 3.8) is 0 Å². The zero-order valence-electron chi connectivity index (χ0n) is 13.5. The fraction of sp³-hybridized carbons (Fsp3) is 0.529. The number of amides is 1. The van der Waals surface area contributed by atoms with Gasteiger partial charge in [-0.15, -0.1) is 0 Å². The van der Waals surface area contributed by atoms with Crippen LogP contribution in [-0.4, -0.2) is 43.6 Å². The Balaban J connectivity index is 1.95. The van der Waals surface area contributed by atoms with Gasteiger partial charge in [-0.3, -0.25) is 9.59 Å². The molecule has 1 aliphatic rings. The van der Waals surface area contributed by atoms with Gasteiger partial charge in [0.2, 0.25) is 0 Å². The van der Waals surface area contributed by atoms with Gasteiger partial charge in [0.25, 0.3) is 5.91 Å². The summed E-state index contributed by atoms with van der Waals surface area (Å²) in [4.78, 5) is 26.0. The molecule has 1 aromatic rings. The predicted molar refractivity (Wildman–Crippen MR) is 87.9 cm³/mol. The number of nitrogens with zero attached hydrogens (tertiary/aromatic N) is 1. The summed E-state index contributed by atoms with van der Waals surface area (Å²) in [7, 11) is 1.52. The maximum absolute atomic E-state index is 12.6. The number of ether oxygens (including phenoxy) is 2. The van der Waals surface area contributed by atoms with Crippen LogP contribution in [-0.2, 0) is 9.53 Å². The Morgan fingerprint density at radius 2 is 2.00 bits per heavy atom. The second-order valence-electron chi connectivity index (χ2n) is 5.59. The SMILES string of the molecule is CCOC(=O)CC1CCN(C(=O)c2ccc(Cl)cc2OC)CC1.